The molecule has 0 fully saturated rings. The van der Waals surface area contributed by atoms with E-state index in [0.717, 1.165) is 25.3 Å². The van der Waals surface area contributed by atoms with E-state index in [4.69, 9.17) is 4.99 Å². The highest BCUT2D eigenvalue weighted by molar-refractivity contribution is 6.13. The molecule has 0 bridgehead atoms. The van der Waals surface area contributed by atoms with Crippen LogP contribution in [0.2, 0.25) is 0 Å². The summed E-state index contributed by atoms with van der Waals surface area (Å²) in [6.07, 6.45) is 1.00. The van der Waals surface area contributed by atoms with Crippen molar-refractivity contribution < 1.29 is 0 Å². The summed E-state index contributed by atoms with van der Waals surface area (Å²) < 4.78 is 0. The van der Waals surface area contributed by atoms with Crippen molar-refractivity contribution in [3.05, 3.63) is 65.2 Å². The number of amidine groups is 1. The molecule has 2 aliphatic rings. The molecule has 0 N–H and O–H groups in total. The van der Waals surface area contributed by atoms with Crippen LogP contribution < -0.4 is 4.90 Å². The first-order valence-electron chi connectivity index (χ1n) is 6.42. The summed E-state index contributed by atoms with van der Waals surface area (Å²) in [5, 5.41) is 0. The number of aliphatic imine (C=N–C) groups is 1. The van der Waals surface area contributed by atoms with Gasteiger partial charge in [-0.05, 0) is 17.2 Å². The summed E-state index contributed by atoms with van der Waals surface area (Å²) in [4.78, 5) is 7.06. The predicted molar refractivity (Wildman–Crippen MR) is 74.4 cm³/mol. The Labute approximate surface area is 107 Å². The van der Waals surface area contributed by atoms with Gasteiger partial charge in [-0.3, -0.25) is 4.99 Å². The Morgan fingerprint density at radius 3 is 2.61 bits per heavy atom. The summed E-state index contributed by atoms with van der Waals surface area (Å²) in [5.74, 6) is 1.15. The van der Waals surface area contributed by atoms with Crippen LogP contribution in [0.4, 0.5) is 5.69 Å². The molecule has 0 unspecified atom stereocenters. The smallest absolute Gasteiger partial charge is 0.135 e. The molecule has 0 atom stereocenters. The number of para-hydroxylation sites is 1. The van der Waals surface area contributed by atoms with Gasteiger partial charge in [0.2, 0.25) is 0 Å². The van der Waals surface area contributed by atoms with Crippen LogP contribution in [0.1, 0.15) is 16.7 Å². The lowest BCUT2D eigenvalue weighted by molar-refractivity contribution is 1.01. The van der Waals surface area contributed by atoms with Crippen molar-refractivity contribution >= 4 is 11.5 Å². The number of benzene rings is 2. The Morgan fingerprint density at radius 2 is 1.67 bits per heavy atom. The molecule has 0 radical (unpaired) electrons. The Hall–Kier alpha value is -2.09. The van der Waals surface area contributed by atoms with Crippen molar-refractivity contribution in [1.29, 1.82) is 0 Å². The van der Waals surface area contributed by atoms with Gasteiger partial charge in [0, 0.05) is 24.2 Å². The fraction of sp³-hybridized carbons (Fsp3) is 0.188. The Morgan fingerprint density at radius 1 is 0.889 bits per heavy atom. The van der Waals surface area contributed by atoms with E-state index in [1.165, 1.54) is 22.4 Å². The topological polar surface area (TPSA) is 15.6 Å². The summed E-state index contributed by atoms with van der Waals surface area (Å²) in [7, 11) is 0. The number of hydrogen-bond donors (Lipinski definition) is 0. The van der Waals surface area contributed by atoms with Crippen LogP contribution in [-0.2, 0) is 6.42 Å². The molecular formula is C16H14N2. The van der Waals surface area contributed by atoms with Crippen LogP contribution in [-0.4, -0.2) is 18.9 Å². The van der Waals surface area contributed by atoms with Gasteiger partial charge in [-0.15, -0.1) is 0 Å². The summed E-state index contributed by atoms with van der Waals surface area (Å²) in [6, 6.07) is 17.3. The largest absolute Gasteiger partial charge is 0.324 e. The SMILES string of the molecule is c1ccc2c(c1)Cc1ccccc1N1CCN=C21. The zero-order chi connectivity index (χ0) is 11.9. The second-order valence-electron chi connectivity index (χ2n) is 4.82. The molecule has 2 heteroatoms. The third-order valence-electron chi connectivity index (χ3n) is 3.76. The Kier molecular flexibility index (Phi) is 2.04. The number of fused-ring (bicyclic) bond motifs is 5. The van der Waals surface area contributed by atoms with Gasteiger partial charge >= 0.3 is 0 Å². The molecule has 0 aromatic heterocycles. The van der Waals surface area contributed by atoms with Crippen LogP contribution in [0, 0.1) is 0 Å². The highest BCUT2D eigenvalue weighted by atomic mass is 15.2. The summed E-state index contributed by atoms with van der Waals surface area (Å²) >= 11 is 0. The van der Waals surface area contributed by atoms with E-state index in [1.807, 2.05) is 0 Å². The second kappa shape index (κ2) is 3.70. The van der Waals surface area contributed by atoms with Gasteiger partial charge in [-0.2, -0.15) is 0 Å². The average molecular weight is 234 g/mol. The molecule has 0 aliphatic carbocycles. The summed E-state index contributed by atoms with van der Waals surface area (Å²) in [5.41, 5.74) is 5.40. The van der Waals surface area contributed by atoms with Gasteiger partial charge in [0.25, 0.3) is 0 Å². The van der Waals surface area contributed by atoms with E-state index in [0.29, 0.717) is 0 Å². The standard InChI is InChI=1S/C16H14N2/c1-3-7-14-12(5-1)11-13-6-2-4-8-15(13)18-10-9-17-16(14)18/h1-8H,9-11H2. The lowest BCUT2D eigenvalue weighted by atomic mass is 10.0. The van der Waals surface area contributed by atoms with Crippen molar-refractivity contribution in [3.63, 3.8) is 0 Å². The lowest BCUT2D eigenvalue weighted by Crippen LogP contribution is -2.27. The van der Waals surface area contributed by atoms with Crippen LogP contribution in [0.15, 0.2) is 53.5 Å². The maximum Gasteiger partial charge on any atom is 0.135 e. The van der Waals surface area contributed by atoms with Crippen LogP contribution in [0.3, 0.4) is 0 Å². The molecule has 0 spiro atoms. The molecule has 0 saturated heterocycles. The number of hydrogen-bond acceptors (Lipinski definition) is 2. The maximum absolute atomic E-state index is 4.70. The minimum atomic E-state index is 0.901. The number of anilines is 1. The third-order valence-corrected chi connectivity index (χ3v) is 3.76. The molecule has 2 aromatic rings. The molecule has 0 amide bonds. The molecule has 88 valence electrons. The van der Waals surface area contributed by atoms with Gasteiger partial charge in [0.15, 0.2) is 0 Å². The monoisotopic (exact) mass is 234 g/mol. The van der Waals surface area contributed by atoms with E-state index >= 15 is 0 Å². The van der Waals surface area contributed by atoms with E-state index < -0.39 is 0 Å². The lowest BCUT2D eigenvalue weighted by Gasteiger charge is -2.20. The fourth-order valence-corrected chi connectivity index (χ4v) is 2.93. The average Bonchev–Trinajstić information content (AvgIpc) is 2.84. The maximum atomic E-state index is 4.70. The van der Waals surface area contributed by atoms with Crippen molar-refractivity contribution in [2.24, 2.45) is 4.99 Å². The molecule has 4 rings (SSSR count). The van der Waals surface area contributed by atoms with Crippen LogP contribution >= 0.6 is 0 Å². The first kappa shape index (κ1) is 9.89. The Balaban J connectivity index is 2.00. The van der Waals surface area contributed by atoms with Crippen LogP contribution in [0.5, 0.6) is 0 Å². The highest BCUT2D eigenvalue weighted by Gasteiger charge is 2.26. The fourth-order valence-electron chi connectivity index (χ4n) is 2.93. The van der Waals surface area contributed by atoms with Gasteiger partial charge in [-0.25, -0.2) is 0 Å². The minimum absolute atomic E-state index is 0.901. The van der Waals surface area contributed by atoms with E-state index in [9.17, 15) is 0 Å². The molecule has 2 nitrogen and oxygen atoms in total. The number of nitrogens with zero attached hydrogens (tertiary/aromatic N) is 2. The first-order chi connectivity index (χ1) is 8.93. The molecule has 2 aromatic carbocycles. The zero-order valence-electron chi connectivity index (χ0n) is 10.1. The van der Waals surface area contributed by atoms with Gasteiger partial charge in [0.1, 0.15) is 5.84 Å². The molecule has 2 aliphatic heterocycles. The molecule has 0 saturated carbocycles. The third kappa shape index (κ3) is 1.32. The predicted octanol–water partition coefficient (Wildman–Crippen LogP) is 2.86. The highest BCUT2D eigenvalue weighted by Crippen LogP contribution is 2.32. The van der Waals surface area contributed by atoms with Crippen molar-refractivity contribution in [3.8, 4) is 0 Å². The van der Waals surface area contributed by atoms with Crippen LogP contribution in [0.25, 0.3) is 0 Å². The molecule has 2 heterocycles. The normalized spacial score (nSPS) is 16.4. The van der Waals surface area contributed by atoms with E-state index in [-0.39, 0.29) is 0 Å². The zero-order valence-corrected chi connectivity index (χ0v) is 10.1. The van der Waals surface area contributed by atoms with Crippen molar-refractivity contribution in [2.75, 3.05) is 18.0 Å². The Bertz CT molecular complexity index is 643. The second-order valence-corrected chi connectivity index (χ2v) is 4.82. The summed E-state index contributed by atoms with van der Waals surface area (Å²) in [6.45, 7) is 1.90. The molecular weight excluding hydrogens is 220 g/mol. The quantitative estimate of drug-likeness (QED) is 0.684. The first-order valence-corrected chi connectivity index (χ1v) is 6.42. The number of rotatable bonds is 0. The molecule has 18 heavy (non-hydrogen) atoms. The van der Waals surface area contributed by atoms with Gasteiger partial charge in [-0.1, -0.05) is 42.5 Å². The van der Waals surface area contributed by atoms with Gasteiger partial charge < -0.3 is 4.90 Å². The van der Waals surface area contributed by atoms with E-state index in [2.05, 4.69) is 53.4 Å². The van der Waals surface area contributed by atoms with Crippen molar-refractivity contribution in [2.45, 2.75) is 6.42 Å². The van der Waals surface area contributed by atoms with E-state index in [1.54, 1.807) is 0 Å². The van der Waals surface area contributed by atoms with Crippen molar-refractivity contribution in [1.82, 2.24) is 0 Å². The minimum Gasteiger partial charge on any atom is -0.324 e. The van der Waals surface area contributed by atoms with Gasteiger partial charge in [0.05, 0.1) is 6.54 Å².